The molecule has 0 aliphatic rings. The molecule has 5 aromatic rings. The molecule has 5 rings (SSSR count). The largest absolute Gasteiger partial charge is 0.461 e. The van der Waals surface area contributed by atoms with Crippen molar-refractivity contribution in [1.29, 1.82) is 0 Å². The minimum Gasteiger partial charge on any atom is -0.461 e. The first-order valence-corrected chi connectivity index (χ1v) is 12.2. The van der Waals surface area contributed by atoms with E-state index in [0.717, 1.165) is 44.1 Å². The molecule has 0 saturated heterocycles. The molecule has 0 N–H and O–H groups in total. The molecule has 3 aromatic carbocycles. The number of ether oxygens (including phenoxy) is 1. The van der Waals surface area contributed by atoms with Gasteiger partial charge in [0.05, 0.1) is 17.8 Å². The van der Waals surface area contributed by atoms with E-state index in [4.69, 9.17) is 9.72 Å². The predicted molar refractivity (Wildman–Crippen MR) is 152 cm³/mol. The highest BCUT2D eigenvalue weighted by Gasteiger charge is 2.23. The fraction of sp³-hybridized carbons (Fsp3) is 0.0606. The summed E-state index contributed by atoms with van der Waals surface area (Å²) in [5, 5.41) is 2.42. The highest BCUT2D eigenvalue weighted by atomic mass is 16.5. The van der Waals surface area contributed by atoms with Crippen molar-refractivity contribution in [3.05, 3.63) is 128 Å². The fourth-order valence-corrected chi connectivity index (χ4v) is 4.63. The summed E-state index contributed by atoms with van der Waals surface area (Å²) >= 11 is 0. The van der Waals surface area contributed by atoms with Crippen LogP contribution in [0.4, 0.5) is 0 Å². The maximum Gasteiger partial charge on any atom is 0.357 e. The quantitative estimate of drug-likeness (QED) is 0.134. The van der Waals surface area contributed by atoms with Crippen LogP contribution < -0.4 is 0 Å². The minimum absolute atomic E-state index is 0.230. The molecule has 2 heterocycles. The zero-order valence-corrected chi connectivity index (χ0v) is 20.6. The van der Waals surface area contributed by atoms with Gasteiger partial charge in [0.15, 0.2) is 5.69 Å². The van der Waals surface area contributed by atoms with Crippen molar-refractivity contribution < 1.29 is 9.53 Å². The van der Waals surface area contributed by atoms with Crippen LogP contribution in [0.2, 0.25) is 0 Å². The van der Waals surface area contributed by atoms with E-state index in [1.165, 1.54) is 0 Å². The van der Waals surface area contributed by atoms with Crippen molar-refractivity contribution in [3.8, 4) is 22.3 Å². The van der Waals surface area contributed by atoms with Gasteiger partial charge in [-0.3, -0.25) is 4.98 Å². The molecular weight excluding hydrogens is 456 g/mol. The van der Waals surface area contributed by atoms with Crippen LogP contribution in [0, 0.1) is 0 Å². The molecule has 0 bridgehead atoms. The second kappa shape index (κ2) is 10.4. The van der Waals surface area contributed by atoms with Crippen molar-refractivity contribution >= 4 is 33.2 Å². The van der Waals surface area contributed by atoms with E-state index in [-0.39, 0.29) is 12.3 Å². The van der Waals surface area contributed by atoms with E-state index in [0.29, 0.717) is 11.1 Å². The molecule has 0 unspecified atom stereocenters. The number of aromatic nitrogens is 2. The number of fused-ring (bicyclic) bond motifs is 3. The molecule has 0 aliphatic heterocycles. The third-order valence-corrected chi connectivity index (χ3v) is 6.26. The fourth-order valence-electron chi connectivity index (χ4n) is 4.63. The van der Waals surface area contributed by atoms with E-state index in [2.05, 4.69) is 54.5 Å². The number of benzene rings is 3. The molecule has 180 valence electrons. The predicted octanol–water partition coefficient (Wildman–Crippen LogP) is 8.05. The first-order valence-electron chi connectivity index (χ1n) is 12.2. The number of carbonyl (C=O) groups is 1. The average molecular weight is 483 g/mol. The van der Waals surface area contributed by atoms with Gasteiger partial charge in [-0.15, -0.1) is 0 Å². The van der Waals surface area contributed by atoms with Gasteiger partial charge in [0.25, 0.3) is 0 Å². The van der Waals surface area contributed by atoms with Crippen molar-refractivity contribution in [2.45, 2.75) is 6.92 Å². The first-order chi connectivity index (χ1) is 18.2. The lowest BCUT2D eigenvalue weighted by molar-refractivity contribution is 0.0522. The van der Waals surface area contributed by atoms with E-state index in [1.807, 2.05) is 48.5 Å². The van der Waals surface area contributed by atoms with Crippen LogP contribution in [-0.2, 0) is 4.74 Å². The highest BCUT2D eigenvalue weighted by Crippen LogP contribution is 2.39. The normalized spacial score (nSPS) is 11.4. The summed E-state index contributed by atoms with van der Waals surface area (Å²) in [6.45, 7) is 9.80. The third kappa shape index (κ3) is 4.45. The molecule has 0 aliphatic carbocycles. The van der Waals surface area contributed by atoms with E-state index < -0.39 is 5.97 Å². The second-order valence-corrected chi connectivity index (χ2v) is 8.48. The molecule has 4 heteroatoms. The summed E-state index contributed by atoms with van der Waals surface area (Å²) in [6.07, 6.45) is 6.96. The summed E-state index contributed by atoms with van der Waals surface area (Å²) in [5.41, 5.74) is 6.42. The van der Waals surface area contributed by atoms with Crippen molar-refractivity contribution in [3.63, 3.8) is 0 Å². The lowest BCUT2D eigenvalue weighted by atomic mass is 9.92. The van der Waals surface area contributed by atoms with Crippen molar-refractivity contribution in [2.75, 3.05) is 6.61 Å². The Bertz CT molecular complexity index is 1670. The Morgan fingerprint density at radius 3 is 2.22 bits per heavy atom. The third-order valence-electron chi connectivity index (χ3n) is 6.26. The van der Waals surface area contributed by atoms with Gasteiger partial charge in [-0.1, -0.05) is 92.0 Å². The van der Waals surface area contributed by atoms with Gasteiger partial charge in [0, 0.05) is 28.1 Å². The number of pyridine rings is 2. The van der Waals surface area contributed by atoms with Crippen LogP contribution in [0.1, 0.15) is 23.1 Å². The number of rotatable bonds is 7. The molecule has 4 nitrogen and oxygen atoms in total. The molecule has 2 aromatic heterocycles. The van der Waals surface area contributed by atoms with Gasteiger partial charge in [-0.05, 0) is 47.2 Å². The molecule has 0 radical (unpaired) electrons. The van der Waals surface area contributed by atoms with Gasteiger partial charge in [-0.25, -0.2) is 9.78 Å². The Balaban J connectivity index is 1.98. The Morgan fingerprint density at radius 2 is 1.57 bits per heavy atom. The standard InChI is InChI=1S/C33H26N2O2/c1-4-13-22(5-2)30-29-26(18-19-34-30)28-21-25(23-14-9-7-10-15-23)20-27(24-16-11-8-12-17-24)31(28)35-32(29)33(36)37-6-3/h4-5,7-21H,1-2,6H2,3H3/b22-13+. The van der Waals surface area contributed by atoms with Crippen molar-refractivity contribution in [1.82, 2.24) is 9.97 Å². The van der Waals surface area contributed by atoms with E-state index >= 15 is 0 Å². The van der Waals surface area contributed by atoms with Gasteiger partial charge < -0.3 is 4.74 Å². The highest BCUT2D eigenvalue weighted by molar-refractivity contribution is 6.19. The monoisotopic (exact) mass is 482 g/mol. The van der Waals surface area contributed by atoms with Gasteiger partial charge in [0.2, 0.25) is 0 Å². The molecule has 0 spiro atoms. The zero-order chi connectivity index (χ0) is 25.8. The molecule has 0 atom stereocenters. The first kappa shape index (κ1) is 23.9. The van der Waals surface area contributed by atoms with Crippen LogP contribution >= 0.6 is 0 Å². The van der Waals surface area contributed by atoms with E-state index in [1.54, 1.807) is 25.3 Å². The second-order valence-electron chi connectivity index (χ2n) is 8.48. The minimum atomic E-state index is -0.489. The number of hydrogen-bond donors (Lipinski definition) is 0. The van der Waals surface area contributed by atoms with Crippen LogP contribution in [0.5, 0.6) is 0 Å². The Hall–Kier alpha value is -4.83. The van der Waals surface area contributed by atoms with Crippen molar-refractivity contribution in [2.24, 2.45) is 0 Å². The van der Waals surface area contributed by atoms with Gasteiger partial charge in [-0.2, -0.15) is 0 Å². The maximum absolute atomic E-state index is 13.3. The Labute approximate surface area is 216 Å². The lowest BCUT2D eigenvalue weighted by Crippen LogP contribution is -2.10. The Morgan fingerprint density at radius 1 is 0.865 bits per heavy atom. The molecule has 37 heavy (non-hydrogen) atoms. The van der Waals surface area contributed by atoms with Crippen LogP contribution in [-0.4, -0.2) is 22.5 Å². The van der Waals surface area contributed by atoms with Crippen LogP contribution in [0.3, 0.4) is 0 Å². The zero-order valence-electron chi connectivity index (χ0n) is 20.6. The van der Waals surface area contributed by atoms with Gasteiger partial charge >= 0.3 is 5.97 Å². The number of nitrogens with zero attached hydrogens (tertiary/aromatic N) is 2. The number of esters is 1. The summed E-state index contributed by atoms with van der Waals surface area (Å²) in [7, 11) is 0. The summed E-state index contributed by atoms with van der Waals surface area (Å²) in [6, 6.07) is 26.6. The topological polar surface area (TPSA) is 52.1 Å². The summed E-state index contributed by atoms with van der Waals surface area (Å²) in [5.74, 6) is -0.489. The smallest absolute Gasteiger partial charge is 0.357 e. The molecule has 0 amide bonds. The van der Waals surface area contributed by atoms with Gasteiger partial charge in [0.1, 0.15) is 0 Å². The molecular formula is C33H26N2O2. The number of carbonyl (C=O) groups excluding carboxylic acids is 1. The number of allylic oxidation sites excluding steroid dienone is 4. The Kier molecular flexibility index (Phi) is 6.73. The summed E-state index contributed by atoms with van der Waals surface area (Å²) < 4.78 is 5.46. The molecule has 0 fully saturated rings. The van der Waals surface area contributed by atoms with Crippen LogP contribution in [0.25, 0.3) is 49.5 Å². The lowest BCUT2D eigenvalue weighted by Gasteiger charge is -2.16. The summed E-state index contributed by atoms with van der Waals surface area (Å²) in [4.78, 5) is 22.9. The SMILES string of the molecule is C=C/C=C(\C=C)c1nccc2c1c(C(=O)OCC)nc1c(-c3ccccc3)cc(-c3ccccc3)cc12. The molecule has 0 saturated carbocycles. The van der Waals surface area contributed by atoms with Crippen LogP contribution in [0.15, 0.2) is 116 Å². The average Bonchev–Trinajstić information content (AvgIpc) is 2.95. The number of hydrogen-bond acceptors (Lipinski definition) is 4. The van der Waals surface area contributed by atoms with E-state index in [9.17, 15) is 4.79 Å². The maximum atomic E-state index is 13.3.